The molecule has 0 saturated heterocycles. The zero-order valence-corrected chi connectivity index (χ0v) is 15.8. The molecule has 0 spiro atoms. The van der Waals surface area contributed by atoms with Crippen LogP contribution in [0.1, 0.15) is 37.3 Å². The molecule has 0 aromatic heterocycles. The largest absolute Gasteiger partial charge is 0.481 e. The molecule has 2 bridgehead atoms. The Bertz CT molecular complexity index is 742. The van der Waals surface area contributed by atoms with Crippen molar-refractivity contribution in [2.45, 2.75) is 46.1 Å². The molecule has 3 N–H and O–H groups in total. The minimum absolute atomic E-state index is 0.0609. The number of fused-ring (bicyclic) bond motifs is 2. The molecule has 7 heteroatoms. The first-order valence-electron chi connectivity index (χ1n) is 9.33. The van der Waals surface area contributed by atoms with Gasteiger partial charge in [0.05, 0.1) is 11.8 Å². The third-order valence-corrected chi connectivity index (χ3v) is 5.69. The summed E-state index contributed by atoms with van der Waals surface area (Å²) in [5.74, 6) is -2.37. The third kappa shape index (κ3) is 4.07. The number of aryl methyl sites for hydroxylation is 2. The number of amides is 2. The van der Waals surface area contributed by atoms with Gasteiger partial charge in [-0.1, -0.05) is 6.07 Å². The Labute approximate surface area is 158 Å². The van der Waals surface area contributed by atoms with Crippen LogP contribution in [0.3, 0.4) is 0 Å². The van der Waals surface area contributed by atoms with Crippen LogP contribution in [-0.4, -0.2) is 29.0 Å². The second-order valence-corrected chi connectivity index (χ2v) is 7.79. The van der Waals surface area contributed by atoms with Gasteiger partial charge in [-0.3, -0.25) is 25.2 Å². The molecule has 2 fully saturated rings. The van der Waals surface area contributed by atoms with E-state index in [2.05, 4.69) is 10.9 Å². The molecule has 146 valence electrons. The average Bonchev–Trinajstić information content (AvgIpc) is 3.19. The lowest BCUT2D eigenvalue weighted by molar-refractivity contribution is -0.150. The van der Waals surface area contributed by atoms with E-state index < -0.39 is 35.7 Å². The molecular formula is C20H26N2O5. The maximum atomic E-state index is 12.5. The Balaban J connectivity index is 1.55. The van der Waals surface area contributed by atoms with Crippen molar-refractivity contribution in [3.05, 3.63) is 29.3 Å². The van der Waals surface area contributed by atoms with Gasteiger partial charge >= 0.3 is 5.97 Å². The summed E-state index contributed by atoms with van der Waals surface area (Å²) in [6.07, 6.45) is 1.70. The minimum Gasteiger partial charge on any atom is -0.481 e. The highest BCUT2D eigenvalue weighted by Gasteiger charge is 2.54. The summed E-state index contributed by atoms with van der Waals surface area (Å²) in [6, 6.07) is 5.68. The molecule has 0 heterocycles. The van der Waals surface area contributed by atoms with Gasteiger partial charge < -0.3 is 9.84 Å². The van der Waals surface area contributed by atoms with E-state index in [1.807, 2.05) is 32.0 Å². The molecule has 5 atom stereocenters. The van der Waals surface area contributed by atoms with Crippen molar-refractivity contribution in [1.29, 1.82) is 0 Å². The number of carboxylic acids is 1. The normalized spacial score (nSPS) is 27.1. The number of hydrogen-bond acceptors (Lipinski definition) is 4. The molecule has 0 aliphatic heterocycles. The molecule has 1 aromatic carbocycles. The van der Waals surface area contributed by atoms with Gasteiger partial charge in [-0.05, 0) is 75.1 Å². The fraction of sp³-hybridized carbons (Fsp3) is 0.550. The number of carbonyl (C=O) groups excluding carboxylic acids is 2. The Morgan fingerprint density at radius 3 is 2.22 bits per heavy atom. The third-order valence-electron chi connectivity index (χ3n) is 5.69. The first-order valence-corrected chi connectivity index (χ1v) is 9.33. The fourth-order valence-electron chi connectivity index (χ4n) is 4.59. The summed E-state index contributed by atoms with van der Waals surface area (Å²) in [5, 5.41) is 9.44. The van der Waals surface area contributed by atoms with E-state index in [9.17, 15) is 19.5 Å². The number of hydrazine groups is 1. The summed E-state index contributed by atoms with van der Waals surface area (Å²) in [7, 11) is 0. The highest BCUT2D eigenvalue weighted by molar-refractivity contribution is 5.89. The summed E-state index contributed by atoms with van der Waals surface area (Å²) >= 11 is 0. The summed E-state index contributed by atoms with van der Waals surface area (Å²) in [4.78, 5) is 36.3. The van der Waals surface area contributed by atoms with Crippen molar-refractivity contribution in [2.24, 2.45) is 23.7 Å². The number of benzene rings is 1. The van der Waals surface area contributed by atoms with E-state index in [-0.39, 0.29) is 11.8 Å². The van der Waals surface area contributed by atoms with Crippen molar-refractivity contribution in [2.75, 3.05) is 0 Å². The number of ether oxygens (including phenoxy) is 1. The maximum absolute atomic E-state index is 12.5. The van der Waals surface area contributed by atoms with Gasteiger partial charge in [-0.25, -0.2) is 0 Å². The van der Waals surface area contributed by atoms with E-state index >= 15 is 0 Å². The predicted octanol–water partition coefficient (Wildman–Crippen LogP) is 1.97. The molecule has 2 aliphatic rings. The Morgan fingerprint density at radius 2 is 1.63 bits per heavy atom. The minimum atomic E-state index is -0.930. The standard InChI is InChI=1S/C20H26N2O5/c1-10-6-11(2)8-15(7-10)27-12(3)18(23)21-22-19(24)16-13-4-5-14(9-13)17(16)20(25)26/h6-8,12-14,16-17H,4-5,9H2,1-3H3,(H,21,23)(H,22,24)(H,25,26)/t12-,13-,14+,16-,17+/m1/s1. The van der Waals surface area contributed by atoms with Crippen LogP contribution in [0.2, 0.25) is 0 Å². The number of rotatable bonds is 5. The zero-order chi connectivity index (χ0) is 19.7. The maximum Gasteiger partial charge on any atom is 0.307 e. The molecule has 1 aromatic rings. The van der Waals surface area contributed by atoms with Crippen LogP contribution < -0.4 is 15.6 Å². The highest BCUT2D eigenvalue weighted by Crippen LogP contribution is 2.52. The van der Waals surface area contributed by atoms with E-state index in [4.69, 9.17) is 4.74 Å². The van der Waals surface area contributed by atoms with Crippen molar-refractivity contribution < 1.29 is 24.2 Å². The molecule has 2 amide bonds. The predicted molar refractivity (Wildman–Crippen MR) is 97.7 cm³/mol. The Morgan fingerprint density at radius 1 is 1.04 bits per heavy atom. The topological polar surface area (TPSA) is 105 Å². The van der Waals surface area contributed by atoms with Gasteiger partial charge in [-0.2, -0.15) is 0 Å². The second-order valence-electron chi connectivity index (χ2n) is 7.79. The smallest absolute Gasteiger partial charge is 0.307 e. The van der Waals surface area contributed by atoms with Crippen LogP contribution in [0.4, 0.5) is 0 Å². The van der Waals surface area contributed by atoms with Crippen molar-refractivity contribution in [3.63, 3.8) is 0 Å². The fourth-order valence-corrected chi connectivity index (χ4v) is 4.59. The van der Waals surface area contributed by atoms with Crippen molar-refractivity contribution in [1.82, 2.24) is 10.9 Å². The van der Waals surface area contributed by atoms with Gasteiger partial charge in [0, 0.05) is 0 Å². The van der Waals surface area contributed by atoms with Crippen molar-refractivity contribution in [3.8, 4) is 5.75 Å². The van der Waals surface area contributed by atoms with Crippen LogP contribution in [0, 0.1) is 37.5 Å². The molecular weight excluding hydrogens is 348 g/mol. The molecule has 3 rings (SSSR count). The zero-order valence-electron chi connectivity index (χ0n) is 15.8. The first kappa shape index (κ1) is 19.2. The number of carboxylic acid groups (broad SMARTS) is 1. The number of carbonyl (C=O) groups is 3. The van der Waals surface area contributed by atoms with Crippen LogP contribution in [0.5, 0.6) is 5.75 Å². The molecule has 27 heavy (non-hydrogen) atoms. The monoisotopic (exact) mass is 374 g/mol. The Hall–Kier alpha value is -2.57. The SMILES string of the molecule is Cc1cc(C)cc(O[C@H](C)C(=O)NNC(=O)[C@@H]2[C@@H]3CC[C@@H](C3)[C@@H]2C(=O)O)c1. The van der Waals surface area contributed by atoms with Crippen LogP contribution >= 0.6 is 0 Å². The van der Waals surface area contributed by atoms with Crippen molar-refractivity contribution >= 4 is 17.8 Å². The number of nitrogens with one attached hydrogen (secondary N) is 2. The van der Waals surface area contributed by atoms with Crippen LogP contribution in [-0.2, 0) is 14.4 Å². The van der Waals surface area contributed by atoms with E-state index in [1.54, 1.807) is 6.92 Å². The van der Waals surface area contributed by atoms with Crippen LogP contribution in [0.15, 0.2) is 18.2 Å². The second kappa shape index (κ2) is 7.58. The number of hydrogen-bond donors (Lipinski definition) is 3. The molecule has 0 unspecified atom stereocenters. The van der Waals surface area contributed by atoms with Gasteiger partial charge in [0.15, 0.2) is 6.10 Å². The highest BCUT2D eigenvalue weighted by atomic mass is 16.5. The lowest BCUT2D eigenvalue weighted by atomic mass is 9.79. The number of aliphatic carboxylic acids is 1. The average molecular weight is 374 g/mol. The van der Waals surface area contributed by atoms with Gasteiger partial charge in [-0.15, -0.1) is 0 Å². The van der Waals surface area contributed by atoms with Gasteiger partial charge in [0.2, 0.25) is 5.91 Å². The summed E-state index contributed by atoms with van der Waals surface area (Å²) < 4.78 is 5.65. The quantitative estimate of drug-likeness (QED) is 0.684. The van der Waals surface area contributed by atoms with E-state index in [0.29, 0.717) is 5.75 Å². The van der Waals surface area contributed by atoms with Crippen LogP contribution in [0.25, 0.3) is 0 Å². The summed E-state index contributed by atoms with van der Waals surface area (Å²) in [5.41, 5.74) is 6.83. The molecule has 2 saturated carbocycles. The first-order chi connectivity index (χ1) is 12.8. The lowest BCUT2D eigenvalue weighted by Gasteiger charge is -2.27. The molecule has 2 aliphatic carbocycles. The molecule has 0 radical (unpaired) electrons. The summed E-state index contributed by atoms with van der Waals surface area (Å²) in [6.45, 7) is 5.48. The van der Waals surface area contributed by atoms with Gasteiger partial charge in [0.25, 0.3) is 5.91 Å². The van der Waals surface area contributed by atoms with Gasteiger partial charge in [0.1, 0.15) is 5.75 Å². The lowest BCUT2D eigenvalue weighted by Crippen LogP contribution is -2.51. The van der Waals surface area contributed by atoms with E-state index in [0.717, 1.165) is 30.4 Å². The Kier molecular flexibility index (Phi) is 5.39. The van der Waals surface area contributed by atoms with E-state index in [1.165, 1.54) is 0 Å². The molecule has 7 nitrogen and oxygen atoms in total.